The van der Waals surface area contributed by atoms with E-state index in [9.17, 15) is 14.4 Å². The summed E-state index contributed by atoms with van der Waals surface area (Å²) in [5, 5.41) is 0. The summed E-state index contributed by atoms with van der Waals surface area (Å²) in [6, 6.07) is 0. The fourth-order valence-corrected chi connectivity index (χ4v) is 3.69. The van der Waals surface area contributed by atoms with Gasteiger partial charge in [-0.25, -0.2) is 0 Å². The maximum absolute atomic E-state index is 12.9. The Morgan fingerprint density at radius 3 is 2.65 bits per heavy atom. The normalized spacial score (nSPS) is 30.2. The third kappa shape index (κ3) is 3.17. The lowest BCUT2D eigenvalue weighted by atomic mass is 9.70. The molecule has 6 heteroatoms. The van der Waals surface area contributed by atoms with E-state index in [0.717, 1.165) is 0 Å². The SMILES string of the molecule is CCOC(=O)[C@@]1(CC(=O)OC)CC[C@@H](OC)[C@H]2CCC=C1C2=O. The van der Waals surface area contributed by atoms with Crippen molar-refractivity contribution in [2.75, 3.05) is 20.8 Å². The number of fused-ring (bicyclic) bond motifs is 2. The quantitative estimate of drug-likeness (QED) is 0.718. The molecular weight excluding hydrogens is 300 g/mol. The fraction of sp³-hybridized carbons (Fsp3) is 0.706. The first-order valence-electron chi connectivity index (χ1n) is 8.01. The number of methoxy groups -OCH3 is 2. The molecule has 2 aliphatic carbocycles. The highest BCUT2D eigenvalue weighted by molar-refractivity contribution is 6.06. The van der Waals surface area contributed by atoms with Crippen LogP contribution in [0.2, 0.25) is 0 Å². The summed E-state index contributed by atoms with van der Waals surface area (Å²) < 4.78 is 15.4. The first kappa shape index (κ1) is 17.7. The third-order valence-electron chi connectivity index (χ3n) is 4.89. The van der Waals surface area contributed by atoms with E-state index in [1.165, 1.54) is 7.11 Å². The molecule has 1 fully saturated rings. The zero-order chi connectivity index (χ0) is 17.0. The van der Waals surface area contributed by atoms with Crippen molar-refractivity contribution in [1.82, 2.24) is 0 Å². The number of rotatable bonds is 5. The number of Topliss-reactive ketones (excluding diaryl/α,β-unsaturated/α-hetero) is 1. The summed E-state index contributed by atoms with van der Waals surface area (Å²) in [6.45, 7) is 1.90. The Balaban J connectivity index is 2.50. The summed E-state index contributed by atoms with van der Waals surface area (Å²) in [5.74, 6) is -1.40. The van der Waals surface area contributed by atoms with Gasteiger partial charge in [0.15, 0.2) is 5.78 Å². The summed E-state index contributed by atoms with van der Waals surface area (Å²) in [5.41, 5.74) is -0.858. The van der Waals surface area contributed by atoms with Gasteiger partial charge in [0.25, 0.3) is 0 Å². The number of ether oxygens (including phenoxy) is 3. The van der Waals surface area contributed by atoms with Crippen molar-refractivity contribution in [1.29, 1.82) is 0 Å². The van der Waals surface area contributed by atoms with Crippen LogP contribution in [0.5, 0.6) is 0 Å². The largest absolute Gasteiger partial charge is 0.469 e. The summed E-state index contributed by atoms with van der Waals surface area (Å²) in [6.07, 6.45) is 3.64. The monoisotopic (exact) mass is 324 g/mol. The van der Waals surface area contributed by atoms with Crippen molar-refractivity contribution in [2.24, 2.45) is 11.3 Å². The molecule has 0 N–H and O–H groups in total. The Kier molecular flexibility index (Phi) is 5.57. The van der Waals surface area contributed by atoms with Gasteiger partial charge in [-0.1, -0.05) is 6.08 Å². The molecule has 3 atom stereocenters. The van der Waals surface area contributed by atoms with Crippen LogP contribution in [0, 0.1) is 11.3 Å². The molecule has 0 heterocycles. The van der Waals surface area contributed by atoms with Gasteiger partial charge in [0, 0.05) is 18.6 Å². The molecule has 128 valence electrons. The molecule has 0 radical (unpaired) electrons. The van der Waals surface area contributed by atoms with Gasteiger partial charge < -0.3 is 14.2 Å². The van der Waals surface area contributed by atoms with Crippen LogP contribution in [0.3, 0.4) is 0 Å². The molecule has 2 bridgehead atoms. The van der Waals surface area contributed by atoms with Crippen molar-refractivity contribution >= 4 is 17.7 Å². The van der Waals surface area contributed by atoms with Crippen LogP contribution < -0.4 is 0 Å². The van der Waals surface area contributed by atoms with E-state index in [2.05, 4.69) is 0 Å². The molecule has 0 aromatic rings. The second-order valence-electron chi connectivity index (χ2n) is 6.03. The van der Waals surface area contributed by atoms with Crippen LogP contribution in [0.25, 0.3) is 0 Å². The van der Waals surface area contributed by atoms with Crippen molar-refractivity contribution in [3.8, 4) is 0 Å². The molecule has 0 amide bonds. The van der Waals surface area contributed by atoms with Crippen LogP contribution in [0.4, 0.5) is 0 Å². The van der Waals surface area contributed by atoms with Crippen LogP contribution in [0.1, 0.15) is 39.0 Å². The highest BCUT2D eigenvalue weighted by Crippen LogP contribution is 2.47. The number of hydrogen-bond acceptors (Lipinski definition) is 6. The average molecular weight is 324 g/mol. The lowest BCUT2D eigenvalue weighted by molar-refractivity contribution is -0.160. The van der Waals surface area contributed by atoms with Crippen molar-refractivity contribution in [3.05, 3.63) is 11.6 Å². The molecule has 23 heavy (non-hydrogen) atoms. The topological polar surface area (TPSA) is 78.9 Å². The number of ketones is 1. The highest BCUT2D eigenvalue weighted by atomic mass is 16.5. The highest BCUT2D eigenvalue weighted by Gasteiger charge is 2.53. The second-order valence-corrected chi connectivity index (χ2v) is 6.03. The third-order valence-corrected chi connectivity index (χ3v) is 4.89. The van der Waals surface area contributed by atoms with Crippen LogP contribution in [-0.4, -0.2) is 44.7 Å². The Morgan fingerprint density at radius 1 is 1.30 bits per heavy atom. The summed E-state index contributed by atoms with van der Waals surface area (Å²) >= 11 is 0. The number of carbonyl (C=O) groups excluding carboxylic acids is 3. The van der Waals surface area contributed by atoms with Gasteiger partial charge in [0.05, 0.1) is 26.2 Å². The van der Waals surface area contributed by atoms with Crippen molar-refractivity contribution < 1.29 is 28.6 Å². The van der Waals surface area contributed by atoms with Crippen molar-refractivity contribution in [3.63, 3.8) is 0 Å². The predicted octanol–water partition coefficient (Wildman–Crippen LogP) is 1.81. The van der Waals surface area contributed by atoms with E-state index in [-0.39, 0.29) is 30.8 Å². The molecule has 0 aromatic heterocycles. The predicted molar refractivity (Wildman–Crippen MR) is 81.5 cm³/mol. The average Bonchev–Trinajstić information content (AvgIpc) is 2.61. The second kappa shape index (κ2) is 7.25. The molecule has 2 rings (SSSR count). The maximum atomic E-state index is 12.9. The van der Waals surface area contributed by atoms with E-state index >= 15 is 0 Å². The van der Waals surface area contributed by atoms with E-state index in [4.69, 9.17) is 14.2 Å². The number of carbonyl (C=O) groups is 3. The van der Waals surface area contributed by atoms with Crippen LogP contribution in [-0.2, 0) is 28.6 Å². The van der Waals surface area contributed by atoms with Gasteiger partial charge >= 0.3 is 11.9 Å². The first-order valence-corrected chi connectivity index (χ1v) is 8.01. The van der Waals surface area contributed by atoms with Gasteiger partial charge in [0.2, 0.25) is 0 Å². The lowest BCUT2D eigenvalue weighted by Crippen LogP contribution is -2.41. The van der Waals surface area contributed by atoms with Crippen LogP contribution >= 0.6 is 0 Å². The molecule has 1 saturated carbocycles. The molecule has 0 unspecified atom stereocenters. The van der Waals surface area contributed by atoms with Crippen molar-refractivity contribution in [2.45, 2.75) is 45.1 Å². The van der Waals surface area contributed by atoms with Gasteiger partial charge in [-0.15, -0.1) is 0 Å². The molecule has 0 spiro atoms. The molecule has 2 aliphatic rings. The van der Waals surface area contributed by atoms with Gasteiger partial charge in [-0.3, -0.25) is 14.4 Å². The minimum Gasteiger partial charge on any atom is -0.469 e. The summed E-state index contributed by atoms with van der Waals surface area (Å²) in [7, 11) is 2.85. The minimum absolute atomic E-state index is 0.0995. The standard InChI is InChI=1S/C17H24O6/c1-4-23-16(20)17(10-14(18)22-3)9-8-13(21-2)11-6-5-7-12(17)15(11)19/h7,11,13H,4-6,8-10H2,1-3H3/t11-,13-,17-/m1/s1. The summed E-state index contributed by atoms with van der Waals surface area (Å²) in [4.78, 5) is 37.5. The minimum atomic E-state index is -1.26. The number of hydrogen-bond donors (Lipinski definition) is 0. The molecular formula is C17H24O6. The van der Waals surface area contributed by atoms with E-state index in [1.54, 1.807) is 20.1 Å². The first-order chi connectivity index (χ1) is 11.0. The number of allylic oxidation sites excluding steroid dienone is 1. The van der Waals surface area contributed by atoms with Gasteiger partial charge in [0.1, 0.15) is 5.41 Å². The lowest BCUT2D eigenvalue weighted by Gasteiger charge is -2.32. The Hall–Kier alpha value is -1.69. The maximum Gasteiger partial charge on any atom is 0.317 e. The molecule has 6 nitrogen and oxygen atoms in total. The van der Waals surface area contributed by atoms with E-state index < -0.39 is 17.4 Å². The smallest absolute Gasteiger partial charge is 0.317 e. The zero-order valence-electron chi connectivity index (χ0n) is 13.9. The number of esters is 2. The fourth-order valence-electron chi connectivity index (χ4n) is 3.69. The molecule has 0 saturated heterocycles. The zero-order valence-corrected chi connectivity index (χ0v) is 13.9. The van der Waals surface area contributed by atoms with E-state index in [0.29, 0.717) is 31.3 Å². The molecule has 0 aliphatic heterocycles. The Labute approximate surface area is 136 Å². The van der Waals surface area contributed by atoms with Gasteiger partial charge in [-0.2, -0.15) is 0 Å². The van der Waals surface area contributed by atoms with Gasteiger partial charge in [-0.05, 0) is 32.6 Å². The molecule has 0 aromatic carbocycles. The Bertz CT molecular complexity index is 523. The van der Waals surface area contributed by atoms with Crippen LogP contribution in [0.15, 0.2) is 11.6 Å². The Morgan fingerprint density at radius 2 is 2.04 bits per heavy atom. The van der Waals surface area contributed by atoms with E-state index in [1.807, 2.05) is 0 Å².